The minimum atomic E-state index is -0.192. The molecule has 0 radical (unpaired) electrons. The van der Waals surface area contributed by atoms with E-state index in [-0.39, 0.29) is 12.4 Å². The maximum atomic E-state index is 11.5. The summed E-state index contributed by atoms with van der Waals surface area (Å²) in [7, 11) is 0. The second-order valence-electron chi connectivity index (χ2n) is 5.90. The predicted octanol–water partition coefficient (Wildman–Crippen LogP) is 1.92. The Morgan fingerprint density at radius 3 is 3.19 bits per heavy atom. The van der Waals surface area contributed by atoms with Crippen molar-refractivity contribution in [2.45, 2.75) is 45.2 Å². The van der Waals surface area contributed by atoms with Crippen LogP contribution in [-0.4, -0.2) is 54.2 Å². The first-order valence-electron chi connectivity index (χ1n) is 7.78. The highest BCUT2D eigenvalue weighted by Gasteiger charge is 2.35. The zero-order valence-electron chi connectivity index (χ0n) is 12.7. The molecule has 5 nitrogen and oxygen atoms in total. The van der Waals surface area contributed by atoms with Crippen LogP contribution in [-0.2, 0) is 16.0 Å². The molecule has 0 aliphatic carbocycles. The van der Waals surface area contributed by atoms with E-state index >= 15 is 0 Å². The average molecular weight is 309 g/mol. The zero-order chi connectivity index (χ0) is 14.8. The third kappa shape index (κ3) is 3.21. The Bertz CT molecular complexity index is 505. The van der Waals surface area contributed by atoms with Gasteiger partial charge in [-0.25, -0.2) is 4.98 Å². The van der Waals surface area contributed by atoms with Gasteiger partial charge in [-0.3, -0.25) is 9.69 Å². The molecule has 2 saturated heterocycles. The molecule has 1 aromatic heterocycles. The molecule has 0 bridgehead atoms. The largest absolute Gasteiger partial charge is 0.466 e. The SMILES string of the molecule is CCOC(=O)Cc1csc(N2CC3CCCN3CC2C)n1. The van der Waals surface area contributed by atoms with Crippen molar-refractivity contribution < 1.29 is 9.53 Å². The third-order valence-corrected chi connectivity index (χ3v) is 5.28. The van der Waals surface area contributed by atoms with Gasteiger partial charge in [0.05, 0.1) is 18.7 Å². The molecule has 0 N–H and O–H groups in total. The molecule has 0 aromatic carbocycles. The number of carbonyl (C=O) groups is 1. The van der Waals surface area contributed by atoms with Crippen LogP contribution in [0.4, 0.5) is 5.13 Å². The minimum Gasteiger partial charge on any atom is -0.466 e. The maximum Gasteiger partial charge on any atom is 0.311 e. The van der Waals surface area contributed by atoms with Gasteiger partial charge >= 0.3 is 5.97 Å². The normalized spacial score (nSPS) is 25.9. The molecular formula is C15H23N3O2S. The minimum absolute atomic E-state index is 0.192. The quantitative estimate of drug-likeness (QED) is 0.795. The van der Waals surface area contributed by atoms with Crippen molar-refractivity contribution in [1.82, 2.24) is 9.88 Å². The van der Waals surface area contributed by atoms with Crippen molar-refractivity contribution in [2.75, 3.05) is 31.1 Å². The summed E-state index contributed by atoms with van der Waals surface area (Å²) in [4.78, 5) is 21.2. The fourth-order valence-electron chi connectivity index (χ4n) is 3.32. The summed E-state index contributed by atoms with van der Waals surface area (Å²) in [6, 6.07) is 1.17. The number of nitrogens with zero attached hydrogens (tertiary/aromatic N) is 3. The number of thiazole rings is 1. The fraction of sp³-hybridized carbons (Fsp3) is 0.733. The van der Waals surface area contributed by atoms with Crippen molar-refractivity contribution in [2.24, 2.45) is 0 Å². The molecule has 0 saturated carbocycles. The highest BCUT2D eigenvalue weighted by atomic mass is 32.1. The first kappa shape index (κ1) is 14.8. The first-order chi connectivity index (χ1) is 10.2. The third-order valence-electron chi connectivity index (χ3n) is 4.35. The van der Waals surface area contributed by atoms with Crippen LogP contribution in [0.15, 0.2) is 5.38 Å². The molecular weight excluding hydrogens is 286 g/mol. The lowest BCUT2D eigenvalue weighted by Gasteiger charge is -2.42. The lowest BCUT2D eigenvalue weighted by atomic mass is 10.1. The second kappa shape index (κ2) is 6.32. The van der Waals surface area contributed by atoms with Gasteiger partial charge in [-0.15, -0.1) is 11.3 Å². The van der Waals surface area contributed by atoms with Crippen molar-refractivity contribution in [3.05, 3.63) is 11.1 Å². The van der Waals surface area contributed by atoms with Gasteiger partial charge in [0.25, 0.3) is 0 Å². The number of ether oxygens (including phenoxy) is 1. The predicted molar refractivity (Wildman–Crippen MR) is 83.9 cm³/mol. The smallest absolute Gasteiger partial charge is 0.311 e. The summed E-state index contributed by atoms with van der Waals surface area (Å²) >= 11 is 1.64. The number of esters is 1. The number of fused-ring (bicyclic) bond motifs is 1. The number of hydrogen-bond acceptors (Lipinski definition) is 6. The Kier molecular flexibility index (Phi) is 4.45. The van der Waals surface area contributed by atoms with E-state index in [4.69, 9.17) is 4.74 Å². The van der Waals surface area contributed by atoms with Crippen LogP contribution in [0, 0.1) is 0 Å². The molecule has 6 heteroatoms. The second-order valence-corrected chi connectivity index (χ2v) is 6.73. The summed E-state index contributed by atoms with van der Waals surface area (Å²) in [5.74, 6) is -0.192. The summed E-state index contributed by atoms with van der Waals surface area (Å²) in [5.41, 5.74) is 0.828. The molecule has 21 heavy (non-hydrogen) atoms. The molecule has 2 atom stereocenters. The number of rotatable bonds is 4. The Balaban J connectivity index is 1.66. The number of carbonyl (C=O) groups excluding carboxylic acids is 1. The number of piperazine rings is 1. The maximum absolute atomic E-state index is 11.5. The van der Waals surface area contributed by atoms with Crippen LogP contribution >= 0.6 is 11.3 Å². The summed E-state index contributed by atoms with van der Waals surface area (Å²) in [5, 5.41) is 3.04. The standard InChI is InChI=1S/C15H23N3O2S/c1-3-20-14(19)7-12-10-21-15(16-12)18-9-13-5-4-6-17(13)8-11(18)2/h10-11,13H,3-9H2,1-2H3. The van der Waals surface area contributed by atoms with Crippen LogP contribution in [0.1, 0.15) is 32.4 Å². The van der Waals surface area contributed by atoms with Crippen LogP contribution in [0.3, 0.4) is 0 Å². The lowest BCUT2D eigenvalue weighted by Crippen LogP contribution is -2.55. The Hall–Kier alpha value is -1.14. The van der Waals surface area contributed by atoms with Crippen molar-refractivity contribution >= 4 is 22.4 Å². The molecule has 3 rings (SSSR count). The molecule has 2 aliphatic rings. The van der Waals surface area contributed by atoms with Crippen LogP contribution in [0.25, 0.3) is 0 Å². The van der Waals surface area contributed by atoms with Gasteiger partial charge in [0.1, 0.15) is 0 Å². The number of aromatic nitrogens is 1. The summed E-state index contributed by atoms with van der Waals surface area (Å²) in [6.07, 6.45) is 2.89. The van der Waals surface area contributed by atoms with Crippen LogP contribution in [0.5, 0.6) is 0 Å². The molecule has 3 heterocycles. The van der Waals surface area contributed by atoms with E-state index in [1.807, 2.05) is 12.3 Å². The monoisotopic (exact) mass is 309 g/mol. The molecule has 116 valence electrons. The van der Waals surface area contributed by atoms with Gasteiger partial charge in [-0.05, 0) is 33.2 Å². The summed E-state index contributed by atoms with van der Waals surface area (Å²) in [6.45, 7) is 7.95. The van der Waals surface area contributed by atoms with E-state index in [2.05, 4.69) is 21.7 Å². The van der Waals surface area contributed by atoms with Gasteiger partial charge in [-0.2, -0.15) is 0 Å². The van der Waals surface area contributed by atoms with E-state index < -0.39 is 0 Å². The highest BCUT2D eigenvalue weighted by molar-refractivity contribution is 7.13. The first-order valence-corrected chi connectivity index (χ1v) is 8.66. The van der Waals surface area contributed by atoms with E-state index in [1.165, 1.54) is 19.4 Å². The zero-order valence-corrected chi connectivity index (χ0v) is 13.6. The Morgan fingerprint density at radius 2 is 2.38 bits per heavy atom. The molecule has 1 aromatic rings. The molecule has 0 amide bonds. The van der Waals surface area contributed by atoms with E-state index in [0.29, 0.717) is 18.7 Å². The highest BCUT2D eigenvalue weighted by Crippen LogP contribution is 2.30. The molecule has 2 fully saturated rings. The van der Waals surface area contributed by atoms with Crippen molar-refractivity contribution in [3.63, 3.8) is 0 Å². The Morgan fingerprint density at radius 1 is 1.52 bits per heavy atom. The van der Waals surface area contributed by atoms with E-state index in [0.717, 1.165) is 23.9 Å². The fourth-order valence-corrected chi connectivity index (χ4v) is 4.26. The number of anilines is 1. The molecule has 0 spiro atoms. The Labute approximate surface area is 129 Å². The van der Waals surface area contributed by atoms with Gasteiger partial charge in [0.2, 0.25) is 0 Å². The lowest BCUT2D eigenvalue weighted by molar-refractivity contribution is -0.142. The summed E-state index contributed by atoms with van der Waals surface area (Å²) < 4.78 is 4.98. The van der Waals surface area contributed by atoms with Crippen LogP contribution in [0.2, 0.25) is 0 Å². The topological polar surface area (TPSA) is 45.7 Å². The van der Waals surface area contributed by atoms with Gasteiger partial charge in [0.15, 0.2) is 5.13 Å². The van der Waals surface area contributed by atoms with Gasteiger partial charge in [0, 0.05) is 30.6 Å². The van der Waals surface area contributed by atoms with Crippen molar-refractivity contribution in [3.8, 4) is 0 Å². The van der Waals surface area contributed by atoms with Gasteiger partial charge < -0.3 is 9.64 Å². The van der Waals surface area contributed by atoms with E-state index in [1.54, 1.807) is 11.3 Å². The van der Waals surface area contributed by atoms with E-state index in [9.17, 15) is 4.79 Å². The molecule has 2 unspecified atom stereocenters. The van der Waals surface area contributed by atoms with Crippen LogP contribution < -0.4 is 4.90 Å². The number of hydrogen-bond donors (Lipinski definition) is 0. The average Bonchev–Trinajstić information content (AvgIpc) is 3.06. The van der Waals surface area contributed by atoms with Crippen molar-refractivity contribution in [1.29, 1.82) is 0 Å². The molecule has 2 aliphatic heterocycles. The van der Waals surface area contributed by atoms with Gasteiger partial charge in [-0.1, -0.05) is 0 Å².